The number of nitrogens with zero attached hydrogens (tertiary/aromatic N) is 2. The fraction of sp³-hybridized carbons (Fsp3) is 0.310. The van der Waals surface area contributed by atoms with Crippen molar-refractivity contribution in [2.75, 3.05) is 10.8 Å². The van der Waals surface area contributed by atoms with Gasteiger partial charge in [-0.2, -0.15) is 0 Å². The highest BCUT2D eigenvalue weighted by Crippen LogP contribution is 2.24. The normalized spacial score (nSPS) is 12.1. The minimum absolute atomic E-state index is 0.0849. The van der Waals surface area contributed by atoms with Gasteiger partial charge in [0.2, 0.25) is 11.8 Å². The molecule has 0 aliphatic heterocycles. The lowest BCUT2D eigenvalue weighted by molar-refractivity contribution is -0.140. The summed E-state index contributed by atoms with van der Waals surface area (Å²) in [4.78, 5) is 28.7. The third kappa shape index (κ3) is 6.98. The molecule has 0 unspecified atom stereocenters. The van der Waals surface area contributed by atoms with Crippen molar-refractivity contribution in [3.63, 3.8) is 0 Å². The van der Waals surface area contributed by atoms with Crippen molar-refractivity contribution in [1.82, 2.24) is 10.2 Å². The largest absolute Gasteiger partial charge is 0.352 e. The molecule has 7 nitrogen and oxygen atoms in total. The van der Waals surface area contributed by atoms with Crippen LogP contribution >= 0.6 is 0 Å². The Morgan fingerprint density at radius 2 is 1.43 bits per heavy atom. The Bertz CT molecular complexity index is 1290. The molecule has 0 heterocycles. The van der Waals surface area contributed by atoms with Crippen molar-refractivity contribution in [2.24, 2.45) is 0 Å². The average molecular weight is 522 g/mol. The maximum atomic E-state index is 14.0. The summed E-state index contributed by atoms with van der Waals surface area (Å²) in [5.74, 6) is -0.728. The lowest BCUT2D eigenvalue weighted by Crippen LogP contribution is -2.53. The quantitative estimate of drug-likeness (QED) is 0.402. The first-order chi connectivity index (χ1) is 17.6. The van der Waals surface area contributed by atoms with Gasteiger partial charge in [0.05, 0.1) is 10.6 Å². The third-order valence-electron chi connectivity index (χ3n) is 6.07. The monoisotopic (exact) mass is 521 g/mol. The number of carbonyl (C=O) groups excluding carboxylic acids is 2. The minimum atomic E-state index is -4.05. The number of benzene rings is 3. The predicted molar refractivity (Wildman–Crippen MR) is 147 cm³/mol. The molecule has 8 heteroatoms. The Labute approximate surface area is 220 Å². The van der Waals surface area contributed by atoms with Crippen LogP contribution in [0.25, 0.3) is 0 Å². The molecule has 0 saturated carbocycles. The standard InChI is InChI=1S/C29H35N3O4S/c1-5-27(29(34)30-22(2)3)31(20-24-15-13-12-14-23(24)4)28(33)21-32(25-16-8-6-9-17-25)37(35,36)26-18-10-7-11-19-26/h6-19,22,27H,5,20-21H2,1-4H3,(H,30,34)/t27-/m0/s1. The third-order valence-corrected chi connectivity index (χ3v) is 7.86. The number of para-hydroxylation sites is 1. The fourth-order valence-electron chi connectivity index (χ4n) is 4.11. The summed E-state index contributed by atoms with van der Waals surface area (Å²) < 4.78 is 28.5. The van der Waals surface area contributed by atoms with Gasteiger partial charge in [-0.3, -0.25) is 13.9 Å². The van der Waals surface area contributed by atoms with Crippen LogP contribution in [0.2, 0.25) is 0 Å². The van der Waals surface area contributed by atoms with Gasteiger partial charge in [0, 0.05) is 12.6 Å². The van der Waals surface area contributed by atoms with Crippen molar-refractivity contribution in [3.8, 4) is 0 Å². The van der Waals surface area contributed by atoms with E-state index in [2.05, 4.69) is 5.32 Å². The molecule has 0 bridgehead atoms. The zero-order valence-electron chi connectivity index (χ0n) is 21.8. The molecule has 0 radical (unpaired) electrons. The second-order valence-corrected chi connectivity index (χ2v) is 11.1. The second-order valence-electron chi connectivity index (χ2n) is 9.20. The number of amides is 2. The maximum Gasteiger partial charge on any atom is 0.264 e. The number of sulfonamides is 1. The molecule has 0 aliphatic rings. The lowest BCUT2D eigenvalue weighted by atomic mass is 10.1. The van der Waals surface area contributed by atoms with Gasteiger partial charge in [-0.1, -0.05) is 67.6 Å². The lowest BCUT2D eigenvalue weighted by Gasteiger charge is -2.34. The van der Waals surface area contributed by atoms with Crippen molar-refractivity contribution < 1.29 is 18.0 Å². The number of hydrogen-bond acceptors (Lipinski definition) is 4. The van der Waals surface area contributed by atoms with E-state index in [1.807, 2.05) is 52.0 Å². The molecule has 3 aromatic carbocycles. The summed E-state index contributed by atoms with van der Waals surface area (Å²) in [5.41, 5.74) is 2.25. The SMILES string of the molecule is CC[C@@H](C(=O)NC(C)C)N(Cc1ccccc1C)C(=O)CN(c1ccccc1)S(=O)(=O)c1ccccc1. The fourth-order valence-corrected chi connectivity index (χ4v) is 5.55. The Morgan fingerprint density at radius 1 is 0.865 bits per heavy atom. The van der Waals surface area contributed by atoms with E-state index in [-0.39, 0.29) is 23.4 Å². The summed E-state index contributed by atoms with van der Waals surface area (Å²) in [6, 6.07) is 23.4. The first-order valence-corrected chi connectivity index (χ1v) is 13.9. The molecule has 1 atom stereocenters. The first kappa shape index (κ1) is 27.9. The Kier molecular flexibility index (Phi) is 9.47. The molecule has 1 N–H and O–H groups in total. The van der Waals surface area contributed by atoms with Gasteiger partial charge in [0.25, 0.3) is 10.0 Å². The van der Waals surface area contributed by atoms with E-state index < -0.39 is 28.5 Å². The Balaban J connectivity index is 2.04. The van der Waals surface area contributed by atoms with Gasteiger partial charge in [0.15, 0.2) is 0 Å². The molecule has 3 aromatic rings. The molecule has 37 heavy (non-hydrogen) atoms. The molecular formula is C29H35N3O4S. The molecule has 196 valence electrons. The van der Waals surface area contributed by atoms with E-state index in [0.717, 1.165) is 15.4 Å². The Hall–Kier alpha value is -3.65. The Morgan fingerprint density at radius 3 is 2.00 bits per heavy atom. The molecule has 2 amide bonds. The van der Waals surface area contributed by atoms with Crippen LogP contribution in [0.1, 0.15) is 38.3 Å². The van der Waals surface area contributed by atoms with E-state index in [9.17, 15) is 18.0 Å². The summed E-state index contributed by atoms with van der Waals surface area (Å²) >= 11 is 0. The number of anilines is 1. The highest BCUT2D eigenvalue weighted by Gasteiger charge is 2.33. The average Bonchev–Trinajstić information content (AvgIpc) is 2.88. The number of carbonyl (C=O) groups is 2. The van der Waals surface area contributed by atoms with Crippen LogP contribution in [0.5, 0.6) is 0 Å². The summed E-state index contributed by atoms with van der Waals surface area (Å²) in [6.45, 7) is 7.26. The van der Waals surface area contributed by atoms with Crippen LogP contribution in [0.3, 0.4) is 0 Å². The van der Waals surface area contributed by atoms with E-state index >= 15 is 0 Å². The molecule has 0 fully saturated rings. The van der Waals surface area contributed by atoms with Crippen LogP contribution in [-0.2, 0) is 26.2 Å². The van der Waals surface area contributed by atoms with Crippen LogP contribution < -0.4 is 9.62 Å². The molecule has 0 aliphatic carbocycles. The van der Waals surface area contributed by atoms with Crippen molar-refractivity contribution in [2.45, 2.75) is 57.6 Å². The van der Waals surface area contributed by atoms with Crippen molar-refractivity contribution in [1.29, 1.82) is 0 Å². The van der Waals surface area contributed by atoms with Gasteiger partial charge in [-0.05, 0) is 62.6 Å². The number of rotatable bonds is 11. The van der Waals surface area contributed by atoms with Gasteiger partial charge in [-0.25, -0.2) is 8.42 Å². The van der Waals surface area contributed by atoms with Crippen LogP contribution in [-0.4, -0.2) is 43.8 Å². The van der Waals surface area contributed by atoms with Crippen LogP contribution in [0.15, 0.2) is 89.8 Å². The zero-order chi connectivity index (χ0) is 27.0. The molecular weight excluding hydrogens is 486 g/mol. The van der Waals surface area contributed by atoms with Gasteiger partial charge in [-0.15, -0.1) is 0 Å². The van der Waals surface area contributed by atoms with E-state index in [4.69, 9.17) is 0 Å². The van der Waals surface area contributed by atoms with Crippen molar-refractivity contribution in [3.05, 3.63) is 96.1 Å². The summed E-state index contributed by atoms with van der Waals surface area (Å²) in [5, 5.41) is 2.91. The van der Waals surface area contributed by atoms with Crippen LogP contribution in [0, 0.1) is 6.92 Å². The van der Waals surface area contributed by atoms with E-state index in [1.165, 1.54) is 17.0 Å². The van der Waals surface area contributed by atoms with Gasteiger partial charge in [0.1, 0.15) is 12.6 Å². The molecule has 0 spiro atoms. The minimum Gasteiger partial charge on any atom is -0.352 e. The predicted octanol–water partition coefficient (Wildman–Crippen LogP) is 4.52. The molecule has 0 saturated heterocycles. The first-order valence-electron chi connectivity index (χ1n) is 12.4. The second kappa shape index (κ2) is 12.5. The van der Waals surface area contributed by atoms with Gasteiger partial charge < -0.3 is 10.2 Å². The number of aryl methyl sites for hydroxylation is 1. The van der Waals surface area contributed by atoms with Crippen LogP contribution in [0.4, 0.5) is 5.69 Å². The zero-order valence-corrected chi connectivity index (χ0v) is 22.6. The van der Waals surface area contributed by atoms with E-state index in [1.54, 1.807) is 48.5 Å². The summed E-state index contributed by atoms with van der Waals surface area (Å²) in [7, 11) is -4.05. The topological polar surface area (TPSA) is 86.8 Å². The smallest absolute Gasteiger partial charge is 0.264 e. The highest BCUT2D eigenvalue weighted by molar-refractivity contribution is 7.92. The summed E-state index contributed by atoms with van der Waals surface area (Å²) in [6.07, 6.45) is 0.382. The van der Waals surface area contributed by atoms with E-state index in [0.29, 0.717) is 12.1 Å². The number of nitrogens with one attached hydrogen (secondary N) is 1. The molecule has 0 aromatic heterocycles. The van der Waals surface area contributed by atoms with Gasteiger partial charge >= 0.3 is 0 Å². The maximum absolute atomic E-state index is 14.0. The molecule has 3 rings (SSSR count). The highest BCUT2D eigenvalue weighted by atomic mass is 32.2. The van der Waals surface area contributed by atoms with Crippen molar-refractivity contribution >= 4 is 27.5 Å². The number of hydrogen-bond donors (Lipinski definition) is 1.